The van der Waals surface area contributed by atoms with Crippen molar-refractivity contribution < 1.29 is 13.9 Å². The average molecular weight is 271 g/mol. The van der Waals surface area contributed by atoms with Crippen molar-refractivity contribution in [1.82, 2.24) is 5.32 Å². The number of carbonyl (C=O) groups excluding carboxylic acids is 1. The second-order valence-corrected chi connectivity index (χ2v) is 4.86. The molecular formula is C16H14FNO2. The molecule has 4 heteroatoms. The number of fused-ring (bicyclic) bond motifs is 1. The first kappa shape index (κ1) is 12.7. The Morgan fingerprint density at radius 2 is 2.10 bits per heavy atom. The first-order valence-corrected chi connectivity index (χ1v) is 6.44. The molecule has 3 nitrogen and oxygen atoms in total. The van der Waals surface area contributed by atoms with Crippen LogP contribution in [0.2, 0.25) is 0 Å². The summed E-state index contributed by atoms with van der Waals surface area (Å²) in [5.74, 6) is -0.162. The minimum Gasteiger partial charge on any atom is -0.491 e. The molecule has 1 atom stereocenters. The fraction of sp³-hybridized carbons (Fsp3) is 0.188. The number of rotatable bonds is 2. The highest BCUT2D eigenvalue weighted by Crippen LogP contribution is 2.31. The first-order chi connectivity index (χ1) is 9.65. The lowest BCUT2D eigenvalue weighted by atomic mass is 10.1. The minimum atomic E-state index is -0.505. The molecule has 1 aliphatic rings. The van der Waals surface area contributed by atoms with Crippen LogP contribution in [0.25, 0.3) is 0 Å². The van der Waals surface area contributed by atoms with Gasteiger partial charge in [0.25, 0.3) is 5.91 Å². The summed E-state index contributed by atoms with van der Waals surface area (Å²) < 4.78 is 19.3. The van der Waals surface area contributed by atoms with E-state index < -0.39 is 11.7 Å². The summed E-state index contributed by atoms with van der Waals surface area (Å²) in [5.41, 5.74) is 1.77. The van der Waals surface area contributed by atoms with Crippen molar-refractivity contribution in [3.8, 4) is 5.75 Å². The Bertz CT molecular complexity index is 669. The van der Waals surface area contributed by atoms with Crippen LogP contribution in [-0.4, -0.2) is 12.5 Å². The van der Waals surface area contributed by atoms with Gasteiger partial charge in [0, 0.05) is 5.56 Å². The van der Waals surface area contributed by atoms with Crippen LogP contribution in [0, 0.1) is 12.7 Å². The monoisotopic (exact) mass is 271 g/mol. The van der Waals surface area contributed by atoms with Crippen molar-refractivity contribution in [1.29, 1.82) is 0 Å². The Kier molecular flexibility index (Phi) is 3.14. The normalized spacial score (nSPS) is 16.4. The van der Waals surface area contributed by atoms with Crippen molar-refractivity contribution in [2.45, 2.75) is 13.0 Å². The number of halogens is 1. The summed E-state index contributed by atoms with van der Waals surface area (Å²) >= 11 is 0. The number of aryl methyl sites for hydroxylation is 1. The molecule has 2 aromatic rings. The standard InChI is InChI=1S/C16H14FNO2/c1-10-6-7-11(13(17)8-10)16(19)18-14-9-20-15-5-3-2-4-12(14)15/h2-8,14H,9H2,1H3,(H,18,19). The number of benzene rings is 2. The fourth-order valence-corrected chi connectivity index (χ4v) is 2.32. The Morgan fingerprint density at radius 3 is 2.90 bits per heavy atom. The number of nitrogens with one attached hydrogen (secondary N) is 1. The van der Waals surface area contributed by atoms with E-state index in [-0.39, 0.29) is 11.6 Å². The molecule has 0 spiro atoms. The van der Waals surface area contributed by atoms with E-state index in [1.807, 2.05) is 24.3 Å². The van der Waals surface area contributed by atoms with Gasteiger partial charge >= 0.3 is 0 Å². The summed E-state index contributed by atoms with van der Waals surface area (Å²) in [6.07, 6.45) is 0. The lowest BCUT2D eigenvalue weighted by Crippen LogP contribution is -2.30. The minimum absolute atomic E-state index is 0.0555. The molecule has 3 rings (SSSR count). The maximum Gasteiger partial charge on any atom is 0.254 e. The summed E-state index contributed by atoms with van der Waals surface area (Å²) in [5, 5.41) is 2.81. The van der Waals surface area contributed by atoms with Gasteiger partial charge in [0.05, 0.1) is 11.6 Å². The van der Waals surface area contributed by atoms with Gasteiger partial charge in [-0.3, -0.25) is 4.79 Å². The molecular weight excluding hydrogens is 257 g/mol. The number of hydrogen-bond donors (Lipinski definition) is 1. The average Bonchev–Trinajstić information content (AvgIpc) is 2.82. The molecule has 20 heavy (non-hydrogen) atoms. The van der Waals surface area contributed by atoms with Crippen molar-refractivity contribution >= 4 is 5.91 Å². The highest BCUT2D eigenvalue weighted by Gasteiger charge is 2.26. The zero-order valence-electron chi connectivity index (χ0n) is 11.0. The second kappa shape index (κ2) is 4.96. The summed E-state index contributed by atoms with van der Waals surface area (Å²) in [6, 6.07) is 11.9. The molecule has 0 saturated carbocycles. The Balaban J connectivity index is 1.81. The SMILES string of the molecule is Cc1ccc(C(=O)NC2COc3ccccc32)c(F)c1. The summed E-state index contributed by atoms with van der Waals surface area (Å²) in [7, 11) is 0. The number of carbonyl (C=O) groups is 1. The van der Waals surface area contributed by atoms with E-state index in [1.165, 1.54) is 12.1 Å². The largest absolute Gasteiger partial charge is 0.491 e. The van der Waals surface area contributed by atoms with Crippen molar-refractivity contribution in [2.24, 2.45) is 0 Å². The van der Waals surface area contributed by atoms with Gasteiger partial charge in [0.15, 0.2) is 0 Å². The molecule has 0 fully saturated rings. The predicted molar refractivity (Wildman–Crippen MR) is 73.3 cm³/mol. The molecule has 2 aromatic carbocycles. The highest BCUT2D eigenvalue weighted by molar-refractivity contribution is 5.94. The van der Waals surface area contributed by atoms with Crippen molar-refractivity contribution in [3.05, 3.63) is 65.0 Å². The van der Waals surface area contributed by atoms with E-state index in [9.17, 15) is 9.18 Å². The van der Waals surface area contributed by atoms with Crippen LogP contribution >= 0.6 is 0 Å². The molecule has 0 bridgehead atoms. The van der Waals surface area contributed by atoms with Crippen molar-refractivity contribution in [3.63, 3.8) is 0 Å². The molecule has 0 saturated heterocycles. The van der Waals surface area contributed by atoms with Crippen molar-refractivity contribution in [2.75, 3.05) is 6.61 Å². The van der Waals surface area contributed by atoms with Crippen LogP contribution < -0.4 is 10.1 Å². The second-order valence-electron chi connectivity index (χ2n) is 4.86. The van der Waals surface area contributed by atoms with Gasteiger partial charge in [-0.2, -0.15) is 0 Å². The van der Waals surface area contributed by atoms with E-state index in [4.69, 9.17) is 4.74 Å². The summed E-state index contributed by atoms with van der Waals surface area (Å²) in [6.45, 7) is 2.16. The van der Waals surface area contributed by atoms with E-state index in [0.717, 1.165) is 16.9 Å². The molecule has 102 valence electrons. The van der Waals surface area contributed by atoms with Gasteiger partial charge in [-0.25, -0.2) is 4.39 Å². The van der Waals surface area contributed by atoms with Crippen LogP contribution in [0.1, 0.15) is 27.5 Å². The number of hydrogen-bond acceptors (Lipinski definition) is 2. The van der Waals surface area contributed by atoms with Gasteiger partial charge in [-0.05, 0) is 30.7 Å². The maximum absolute atomic E-state index is 13.8. The molecule has 1 unspecified atom stereocenters. The molecule has 1 heterocycles. The Hall–Kier alpha value is -2.36. The van der Waals surface area contributed by atoms with Crippen LogP contribution in [0.4, 0.5) is 4.39 Å². The lowest BCUT2D eigenvalue weighted by molar-refractivity contribution is 0.0926. The van der Waals surface area contributed by atoms with Gasteiger partial charge in [-0.1, -0.05) is 24.3 Å². The highest BCUT2D eigenvalue weighted by atomic mass is 19.1. The Labute approximate surface area is 116 Å². The summed E-state index contributed by atoms with van der Waals surface area (Å²) in [4.78, 5) is 12.1. The van der Waals surface area contributed by atoms with E-state index in [0.29, 0.717) is 6.61 Å². The molecule has 1 N–H and O–H groups in total. The molecule has 0 aromatic heterocycles. The van der Waals surface area contributed by atoms with E-state index >= 15 is 0 Å². The first-order valence-electron chi connectivity index (χ1n) is 6.44. The van der Waals surface area contributed by atoms with Gasteiger partial charge in [0.2, 0.25) is 0 Å². The van der Waals surface area contributed by atoms with Crippen LogP contribution in [-0.2, 0) is 0 Å². The fourth-order valence-electron chi connectivity index (χ4n) is 2.32. The van der Waals surface area contributed by atoms with Gasteiger partial charge in [-0.15, -0.1) is 0 Å². The molecule has 1 amide bonds. The van der Waals surface area contributed by atoms with Crippen LogP contribution in [0.5, 0.6) is 5.75 Å². The topological polar surface area (TPSA) is 38.3 Å². The zero-order chi connectivity index (χ0) is 14.1. The molecule has 1 aliphatic heterocycles. The van der Waals surface area contributed by atoms with Crippen LogP contribution in [0.3, 0.4) is 0 Å². The third-order valence-electron chi connectivity index (χ3n) is 3.37. The number of amides is 1. The third kappa shape index (κ3) is 2.25. The molecule has 0 aliphatic carbocycles. The molecule has 0 radical (unpaired) electrons. The Morgan fingerprint density at radius 1 is 1.30 bits per heavy atom. The predicted octanol–water partition coefficient (Wildman–Crippen LogP) is 3.00. The van der Waals surface area contributed by atoms with E-state index in [2.05, 4.69) is 5.32 Å². The zero-order valence-corrected chi connectivity index (χ0v) is 11.0. The quantitative estimate of drug-likeness (QED) is 0.911. The number of ether oxygens (including phenoxy) is 1. The number of para-hydroxylation sites is 1. The van der Waals surface area contributed by atoms with E-state index in [1.54, 1.807) is 13.0 Å². The van der Waals surface area contributed by atoms with Gasteiger partial charge < -0.3 is 10.1 Å². The van der Waals surface area contributed by atoms with Gasteiger partial charge in [0.1, 0.15) is 18.2 Å². The maximum atomic E-state index is 13.8. The third-order valence-corrected chi connectivity index (χ3v) is 3.37. The smallest absolute Gasteiger partial charge is 0.254 e. The lowest BCUT2D eigenvalue weighted by Gasteiger charge is -2.12. The van der Waals surface area contributed by atoms with Crippen LogP contribution in [0.15, 0.2) is 42.5 Å².